The Morgan fingerprint density at radius 1 is 1.16 bits per heavy atom. The molecule has 1 saturated heterocycles. The minimum absolute atomic E-state index is 0.0596. The molecule has 0 bridgehead atoms. The molecule has 1 aliphatic rings. The van der Waals surface area contributed by atoms with Crippen LogP contribution in [0.5, 0.6) is 0 Å². The summed E-state index contributed by atoms with van der Waals surface area (Å²) in [6.07, 6.45) is -1.26. The molecular weight excluding hydrogens is 446 g/mol. The Morgan fingerprint density at radius 2 is 1.84 bits per heavy atom. The van der Waals surface area contributed by atoms with E-state index in [9.17, 15) is 26.6 Å². The van der Waals surface area contributed by atoms with Crippen LogP contribution in [0.15, 0.2) is 36.4 Å². The molecular formula is C22H25F4N3O2S. The lowest BCUT2D eigenvalue weighted by molar-refractivity contribution is -0.137. The predicted octanol–water partition coefficient (Wildman–Crippen LogP) is 4.57. The van der Waals surface area contributed by atoms with Gasteiger partial charge in [-0.2, -0.15) is 13.2 Å². The van der Waals surface area contributed by atoms with Crippen molar-refractivity contribution in [3.05, 3.63) is 58.9 Å². The molecule has 0 saturated carbocycles. The Bertz CT molecular complexity index is 1010. The van der Waals surface area contributed by atoms with Gasteiger partial charge in [0.05, 0.1) is 17.2 Å². The van der Waals surface area contributed by atoms with E-state index in [2.05, 4.69) is 10.0 Å². The zero-order valence-corrected chi connectivity index (χ0v) is 18.6. The number of carbonyl (C=O) groups excluding carboxylic acids is 1. The van der Waals surface area contributed by atoms with Gasteiger partial charge in [0.2, 0.25) is 5.91 Å². The van der Waals surface area contributed by atoms with Crippen molar-refractivity contribution in [2.45, 2.75) is 38.4 Å². The quantitative estimate of drug-likeness (QED) is 0.582. The van der Waals surface area contributed by atoms with Crippen LogP contribution in [0.2, 0.25) is 0 Å². The molecule has 1 aliphatic heterocycles. The van der Waals surface area contributed by atoms with Gasteiger partial charge >= 0.3 is 6.18 Å². The molecule has 0 radical (unpaired) electrons. The topological polar surface area (TPSA) is 61.4 Å². The first-order chi connectivity index (χ1) is 15.1. The van der Waals surface area contributed by atoms with Gasteiger partial charge in [-0.1, -0.05) is 12.1 Å². The molecule has 0 spiro atoms. The van der Waals surface area contributed by atoms with E-state index in [1.165, 1.54) is 24.5 Å². The summed E-state index contributed by atoms with van der Waals surface area (Å²) in [4.78, 5) is 14.6. The van der Waals surface area contributed by atoms with Crippen molar-refractivity contribution in [2.24, 2.45) is 0 Å². The van der Waals surface area contributed by atoms with E-state index in [1.807, 2.05) is 4.90 Å². The molecule has 1 heterocycles. The van der Waals surface area contributed by atoms with E-state index in [0.717, 1.165) is 25.0 Å². The summed E-state index contributed by atoms with van der Waals surface area (Å²) in [7, 11) is -1.43. The molecule has 174 valence electrons. The Hall–Kier alpha value is -2.62. The van der Waals surface area contributed by atoms with E-state index in [-0.39, 0.29) is 18.1 Å². The molecule has 10 heteroatoms. The van der Waals surface area contributed by atoms with Gasteiger partial charge in [-0.15, -0.1) is 0 Å². The predicted molar refractivity (Wildman–Crippen MR) is 117 cm³/mol. The van der Waals surface area contributed by atoms with Crippen LogP contribution in [0, 0.1) is 5.82 Å². The third-order valence-electron chi connectivity index (χ3n) is 5.45. The number of rotatable bonds is 7. The van der Waals surface area contributed by atoms with E-state index < -0.39 is 34.5 Å². The van der Waals surface area contributed by atoms with Crippen molar-refractivity contribution in [2.75, 3.05) is 29.0 Å². The highest BCUT2D eigenvalue weighted by molar-refractivity contribution is 7.85. The molecule has 5 nitrogen and oxygen atoms in total. The lowest BCUT2D eigenvalue weighted by Gasteiger charge is -2.23. The highest BCUT2D eigenvalue weighted by atomic mass is 32.2. The number of benzene rings is 2. The highest BCUT2D eigenvalue weighted by Gasteiger charge is 2.32. The van der Waals surface area contributed by atoms with Gasteiger partial charge < -0.3 is 14.9 Å². The number of anilines is 2. The smallest absolute Gasteiger partial charge is 0.371 e. The van der Waals surface area contributed by atoms with Crippen LogP contribution in [-0.2, 0) is 28.5 Å². The van der Waals surface area contributed by atoms with Crippen molar-refractivity contribution >= 4 is 28.3 Å². The van der Waals surface area contributed by atoms with Gasteiger partial charge in [0, 0.05) is 31.6 Å². The van der Waals surface area contributed by atoms with E-state index in [4.69, 9.17) is 0 Å². The van der Waals surface area contributed by atoms with Gasteiger partial charge in [-0.3, -0.25) is 4.79 Å². The summed E-state index contributed by atoms with van der Waals surface area (Å²) >= 11 is 0. The first-order valence-electron chi connectivity index (χ1n) is 10.2. The lowest BCUT2D eigenvalue weighted by atomic mass is 9.99. The Morgan fingerprint density at radius 3 is 2.44 bits per heavy atom. The Balaban J connectivity index is 1.73. The third kappa shape index (κ3) is 5.79. The number of hydrogen-bond donors (Lipinski definition) is 2. The summed E-state index contributed by atoms with van der Waals surface area (Å²) in [5, 5.41) is 2.75. The summed E-state index contributed by atoms with van der Waals surface area (Å²) in [5.74, 6) is -1.69. The number of nitrogens with one attached hydrogen (secondary N) is 2. The summed E-state index contributed by atoms with van der Waals surface area (Å²) < 4.78 is 67.5. The summed E-state index contributed by atoms with van der Waals surface area (Å²) in [6, 6.07) is 7.73. The van der Waals surface area contributed by atoms with Gasteiger partial charge in [0.15, 0.2) is 0 Å². The standard InChI is InChI=1S/C22H25F4N3O2S/c1-14(15-6-8-19(18(23)11-15)28-32(2)31)21(30)27-13-16-5-7-17(22(24,25)26)12-20(16)29-9-3-4-10-29/h5-8,11-12,14,28H,3-4,9-10,13H2,1-2H3,(H,27,30). The van der Waals surface area contributed by atoms with Gasteiger partial charge in [-0.05, 0) is 55.2 Å². The third-order valence-corrected chi connectivity index (χ3v) is 5.96. The number of halogens is 4. The summed E-state index contributed by atoms with van der Waals surface area (Å²) in [6.45, 7) is 3.01. The molecule has 0 aliphatic carbocycles. The van der Waals surface area contributed by atoms with Crippen molar-refractivity contribution in [1.82, 2.24) is 5.32 Å². The molecule has 2 unspecified atom stereocenters. The average Bonchev–Trinajstić information content (AvgIpc) is 3.26. The minimum atomic E-state index is -4.44. The maximum Gasteiger partial charge on any atom is 0.416 e. The number of carbonyl (C=O) groups is 1. The van der Waals surface area contributed by atoms with Gasteiger partial charge in [0.25, 0.3) is 0 Å². The first kappa shape index (κ1) is 24.0. The SMILES string of the molecule is CC(C(=O)NCc1ccc(C(F)(F)F)cc1N1CCCC1)c1ccc(NS(C)=O)c(F)c1. The minimum Gasteiger partial charge on any atom is -0.371 e. The molecule has 0 aromatic heterocycles. The average molecular weight is 472 g/mol. The fraction of sp³-hybridized carbons (Fsp3) is 0.409. The monoisotopic (exact) mass is 471 g/mol. The number of hydrogen-bond acceptors (Lipinski definition) is 3. The van der Waals surface area contributed by atoms with Crippen molar-refractivity contribution in [1.29, 1.82) is 0 Å². The fourth-order valence-electron chi connectivity index (χ4n) is 3.67. The molecule has 2 aromatic rings. The summed E-state index contributed by atoms with van der Waals surface area (Å²) in [5.41, 5.74) is 0.845. The van der Waals surface area contributed by atoms with Crippen LogP contribution in [0.4, 0.5) is 28.9 Å². The van der Waals surface area contributed by atoms with Crippen LogP contribution in [0.25, 0.3) is 0 Å². The van der Waals surface area contributed by atoms with Crippen LogP contribution in [0.1, 0.15) is 42.4 Å². The number of amides is 1. The second kappa shape index (κ2) is 9.89. The zero-order chi connectivity index (χ0) is 23.5. The molecule has 3 rings (SSSR count). The molecule has 2 N–H and O–H groups in total. The van der Waals surface area contributed by atoms with Crippen LogP contribution >= 0.6 is 0 Å². The van der Waals surface area contributed by atoms with Crippen molar-refractivity contribution in [3.8, 4) is 0 Å². The highest BCUT2D eigenvalue weighted by Crippen LogP contribution is 2.34. The zero-order valence-electron chi connectivity index (χ0n) is 17.8. The van der Waals surface area contributed by atoms with E-state index in [1.54, 1.807) is 13.0 Å². The maximum atomic E-state index is 14.2. The Kier molecular flexibility index (Phi) is 7.43. The maximum absolute atomic E-state index is 14.2. The number of alkyl halides is 3. The second-order valence-electron chi connectivity index (χ2n) is 7.77. The van der Waals surface area contributed by atoms with E-state index in [0.29, 0.717) is 29.9 Å². The largest absolute Gasteiger partial charge is 0.416 e. The first-order valence-corrected chi connectivity index (χ1v) is 11.7. The van der Waals surface area contributed by atoms with Crippen LogP contribution < -0.4 is 14.9 Å². The fourth-order valence-corrected chi connectivity index (χ4v) is 4.14. The van der Waals surface area contributed by atoms with Gasteiger partial charge in [-0.25, -0.2) is 8.60 Å². The molecule has 2 aromatic carbocycles. The van der Waals surface area contributed by atoms with Gasteiger partial charge in [0.1, 0.15) is 16.8 Å². The van der Waals surface area contributed by atoms with Crippen LogP contribution in [0.3, 0.4) is 0 Å². The van der Waals surface area contributed by atoms with Crippen LogP contribution in [-0.4, -0.2) is 29.5 Å². The lowest BCUT2D eigenvalue weighted by Crippen LogP contribution is -2.29. The van der Waals surface area contributed by atoms with Crippen molar-refractivity contribution in [3.63, 3.8) is 0 Å². The molecule has 32 heavy (non-hydrogen) atoms. The molecule has 1 amide bonds. The normalized spacial score (nSPS) is 16.0. The molecule has 2 atom stereocenters. The molecule has 1 fully saturated rings. The second-order valence-corrected chi connectivity index (χ2v) is 8.88. The van der Waals surface area contributed by atoms with E-state index >= 15 is 0 Å². The number of nitrogens with zero attached hydrogens (tertiary/aromatic N) is 1. The van der Waals surface area contributed by atoms with Crippen molar-refractivity contribution < 1.29 is 26.6 Å². The Labute approximate surface area is 186 Å².